The van der Waals surface area contributed by atoms with Gasteiger partial charge in [0, 0.05) is 36.2 Å². The van der Waals surface area contributed by atoms with Crippen LogP contribution in [0.3, 0.4) is 0 Å². The van der Waals surface area contributed by atoms with Crippen molar-refractivity contribution >= 4 is 39.7 Å². The summed E-state index contributed by atoms with van der Waals surface area (Å²) >= 11 is 2.74. The molecule has 2 aromatic heterocycles. The fourth-order valence-corrected chi connectivity index (χ4v) is 5.55. The largest absolute Gasteiger partial charge is 0.477 e. The molecule has 7 nitrogen and oxygen atoms in total. The number of nitrogen functional groups attached to an aromatic ring is 1. The predicted octanol–water partition coefficient (Wildman–Crippen LogP) is 2.51. The highest BCUT2D eigenvalue weighted by atomic mass is 32.1. The zero-order valence-electron chi connectivity index (χ0n) is 14.8. The Labute approximate surface area is 164 Å². The van der Waals surface area contributed by atoms with Crippen molar-refractivity contribution < 1.29 is 19.4 Å². The maximum absolute atomic E-state index is 12.5. The summed E-state index contributed by atoms with van der Waals surface area (Å²) in [6.07, 6.45) is 3.18. The molecule has 4 heterocycles. The summed E-state index contributed by atoms with van der Waals surface area (Å²) in [5.41, 5.74) is 7.06. The van der Waals surface area contributed by atoms with Crippen molar-refractivity contribution in [2.75, 3.05) is 25.4 Å². The van der Waals surface area contributed by atoms with Crippen LogP contribution in [0, 0.1) is 0 Å². The average Bonchev–Trinajstić information content (AvgIpc) is 3.28. The number of likely N-dealkylation sites (tertiary alicyclic amines) is 1. The number of carboxylic acids is 1. The van der Waals surface area contributed by atoms with E-state index in [9.17, 15) is 14.7 Å². The van der Waals surface area contributed by atoms with E-state index in [1.165, 1.54) is 22.7 Å². The molecule has 0 aliphatic carbocycles. The Morgan fingerprint density at radius 2 is 2.15 bits per heavy atom. The molecule has 0 bridgehead atoms. The van der Waals surface area contributed by atoms with E-state index in [0.29, 0.717) is 55.4 Å². The fourth-order valence-electron chi connectivity index (χ4n) is 3.88. The maximum atomic E-state index is 12.5. The number of hydrogen-bond acceptors (Lipinski definition) is 7. The number of thiophene rings is 1. The van der Waals surface area contributed by atoms with Gasteiger partial charge >= 0.3 is 5.97 Å². The van der Waals surface area contributed by atoms with E-state index in [2.05, 4.69) is 4.98 Å². The molecule has 27 heavy (non-hydrogen) atoms. The van der Waals surface area contributed by atoms with Crippen molar-refractivity contribution in [3.63, 3.8) is 0 Å². The van der Waals surface area contributed by atoms with E-state index in [4.69, 9.17) is 10.5 Å². The number of aromatic nitrogens is 1. The van der Waals surface area contributed by atoms with Crippen molar-refractivity contribution in [3.8, 4) is 0 Å². The lowest BCUT2D eigenvalue weighted by Crippen LogP contribution is -2.48. The van der Waals surface area contributed by atoms with Crippen LogP contribution in [-0.4, -0.2) is 46.6 Å². The third-order valence-corrected chi connectivity index (χ3v) is 7.21. The third kappa shape index (κ3) is 3.59. The number of carbonyl (C=O) groups excluding carboxylic acids is 1. The number of nitrogens with two attached hydrogens (primary N) is 1. The summed E-state index contributed by atoms with van der Waals surface area (Å²) in [7, 11) is 0. The minimum Gasteiger partial charge on any atom is -0.477 e. The first-order valence-corrected chi connectivity index (χ1v) is 10.6. The molecule has 1 fully saturated rings. The summed E-state index contributed by atoms with van der Waals surface area (Å²) in [5, 5.41) is 11.7. The number of anilines is 1. The molecule has 3 N–H and O–H groups in total. The Bertz CT molecular complexity index is 868. The Morgan fingerprint density at radius 3 is 2.81 bits per heavy atom. The van der Waals surface area contributed by atoms with Gasteiger partial charge in [-0.3, -0.25) is 4.79 Å². The van der Waals surface area contributed by atoms with Gasteiger partial charge in [-0.25, -0.2) is 9.78 Å². The smallest absolute Gasteiger partial charge is 0.345 e. The van der Waals surface area contributed by atoms with Crippen molar-refractivity contribution in [1.82, 2.24) is 9.88 Å². The van der Waals surface area contributed by atoms with Gasteiger partial charge in [0.15, 0.2) is 5.13 Å². The van der Waals surface area contributed by atoms with Crippen LogP contribution in [-0.2, 0) is 28.0 Å². The Balaban J connectivity index is 1.40. The zero-order chi connectivity index (χ0) is 19.0. The van der Waals surface area contributed by atoms with Gasteiger partial charge in [0.1, 0.15) is 4.88 Å². The number of hydrogen-bond donors (Lipinski definition) is 2. The number of aryl methyl sites for hydroxylation is 1. The molecule has 4 rings (SSSR count). The van der Waals surface area contributed by atoms with Crippen LogP contribution >= 0.6 is 22.7 Å². The molecule has 0 atom stereocenters. The highest BCUT2D eigenvalue weighted by molar-refractivity contribution is 7.14. The van der Waals surface area contributed by atoms with Gasteiger partial charge in [-0.05, 0) is 30.9 Å². The van der Waals surface area contributed by atoms with E-state index < -0.39 is 11.6 Å². The Hall–Kier alpha value is -1.97. The number of fused-ring (bicyclic) bond motifs is 2. The van der Waals surface area contributed by atoms with Crippen LogP contribution < -0.4 is 5.73 Å². The number of ether oxygens (including phenoxy) is 1. The van der Waals surface area contributed by atoms with Crippen LogP contribution in [0.25, 0.3) is 0 Å². The van der Waals surface area contributed by atoms with Gasteiger partial charge < -0.3 is 20.5 Å². The molecular formula is C18H21N3O4S2. The summed E-state index contributed by atoms with van der Waals surface area (Å²) in [5.74, 6) is -0.774. The van der Waals surface area contributed by atoms with E-state index in [-0.39, 0.29) is 5.91 Å². The first-order valence-electron chi connectivity index (χ1n) is 8.95. The lowest BCUT2D eigenvalue weighted by Gasteiger charge is -2.44. The zero-order valence-corrected chi connectivity index (χ0v) is 16.4. The van der Waals surface area contributed by atoms with Crippen molar-refractivity contribution in [2.24, 2.45) is 0 Å². The van der Waals surface area contributed by atoms with E-state index in [0.717, 1.165) is 22.6 Å². The van der Waals surface area contributed by atoms with Crippen LogP contribution in [0.4, 0.5) is 5.13 Å². The maximum Gasteiger partial charge on any atom is 0.345 e. The average molecular weight is 408 g/mol. The van der Waals surface area contributed by atoms with Crippen LogP contribution in [0.2, 0.25) is 0 Å². The van der Waals surface area contributed by atoms with Crippen LogP contribution in [0.5, 0.6) is 0 Å². The molecule has 2 aliphatic heterocycles. The molecule has 1 amide bonds. The van der Waals surface area contributed by atoms with Crippen LogP contribution in [0.1, 0.15) is 45.1 Å². The SMILES string of the molecule is Nc1nc(CCC(=O)N2CCC3(CC2)OCCc2sc(C(=O)O)cc23)cs1. The van der Waals surface area contributed by atoms with Crippen molar-refractivity contribution in [3.05, 3.63) is 32.5 Å². The minimum absolute atomic E-state index is 0.115. The summed E-state index contributed by atoms with van der Waals surface area (Å²) in [4.78, 5) is 31.4. The van der Waals surface area contributed by atoms with Gasteiger partial charge in [-0.1, -0.05) is 0 Å². The highest BCUT2D eigenvalue weighted by Gasteiger charge is 2.43. The summed E-state index contributed by atoms with van der Waals surface area (Å²) in [6.45, 7) is 1.84. The molecule has 144 valence electrons. The normalized spacial score (nSPS) is 18.4. The van der Waals surface area contributed by atoms with Gasteiger partial charge in [0.2, 0.25) is 5.91 Å². The number of aromatic carboxylic acids is 1. The second kappa shape index (κ2) is 7.21. The molecule has 9 heteroatoms. The van der Waals surface area contributed by atoms with Gasteiger partial charge in [-0.2, -0.15) is 0 Å². The van der Waals surface area contributed by atoms with E-state index >= 15 is 0 Å². The number of nitrogens with zero attached hydrogens (tertiary/aromatic N) is 2. The first kappa shape index (κ1) is 18.4. The molecule has 1 saturated heterocycles. The van der Waals surface area contributed by atoms with E-state index in [1.54, 1.807) is 6.07 Å². The van der Waals surface area contributed by atoms with Crippen molar-refractivity contribution in [2.45, 2.75) is 37.7 Å². The lowest BCUT2D eigenvalue weighted by atomic mass is 9.82. The number of thiazole rings is 1. The summed E-state index contributed by atoms with van der Waals surface area (Å²) < 4.78 is 6.14. The molecule has 1 spiro atoms. The van der Waals surface area contributed by atoms with Crippen molar-refractivity contribution in [1.29, 1.82) is 0 Å². The first-order chi connectivity index (χ1) is 13.0. The standard InChI is InChI=1S/C18H21N3O4S2/c19-17-20-11(10-26-17)1-2-15(22)21-6-4-18(5-7-21)12-9-14(16(23)24)27-13(12)3-8-25-18/h9-10H,1-8H2,(H2,19,20)(H,23,24). The summed E-state index contributed by atoms with van der Waals surface area (Å²) in [6, 6.07) is 1.77. The molecular weight excluding hydrogens is 386 g/mol. The molecule has 2 aromatic rings. The topological polar surface area (TPSA) is 106 Å². The number of piperidine rings is 1. The number of carbonyl (C=O) groups is 2. The molecule has 2 aliphatic rings. The second-order valence-electron chi connectivity index (χ2n) is 6.90. The highest BCUT2D eigenvalue weighted by Crippen LogP contribution is 2.44. The van der Waals surface area contributed by atoms with Gasteiger partial charge in [0.05, 0.1) is 17.9 Å². The monoisotopic (exact) mass is 407 g/mol. The minimum atomic E-state index is -0.889. The van der Waals surface area contributed by atoms with Gasteiger partial charge in [0.25, 0.3) is 0 Å². The fraction of sp³-hybridized carbons (Fsp3) is 0.500. The molecule has 0 saturated carbocycles. The predicted molar refractivity (Wildman–Crippen MR) is 103 cm³/mol. The second-order valence-corrected chi connectivity index (χ2v) is 8.93. The third-order valence-electron chi connectivity index (χ3n) is 5.31. The number of rotatable bonds is 4. The Morgan fingerprint density at radius 1 is 1.37 bits per heavy atom. The van der Waals surface area contributed by atoms with E-state index in [1.807, 2.05) is 10.3 Å². The molecule has 0 unspecified atom stereocenters. The number of carboxylic acid groups (broad SMARTS) is 1. The van der Waals surface area contributed by atoms with Gasteiger partial charge in [-0.15, -0.1) is 22.7 Å². The quantitative estimate of drug-likeness (QED) is 0.807. The lowest BCUT2D eigenvalue weighted by molar-refractivity contribution is -0.140. The van der Waals surface area contributed by atoms with Crippen LogP contribution in [0.15, 0.2) is 11.4 Å². The number of amides is 1. The molecule has 0 radical (unpaired) electrons. The Kier molecular flexibility index (Phi) is 4.92. The molecule has 0 aromatic carbocycles.